The molecule has 0 bridgehead atoms. The molecule has 2 rings (SSSR count). The molecule has 0 aliphatic carbocycles. The Bertz CT molecular complexity index is 785. The first kappa shape index (κ1) is 19.1. The average molecular weight is 359 g/mol. The van der Waals surface area contributed by atoms with Crippen LogP contribution in [0.3, 0.4) is 0 Å². The number of carbonyl (C=O) groups excluding carboxylic acids is 1. The van der Waals surface area contributed by atoms with Crippen LogP contribution in [-0.4, -0.2) is 38.3 Å². The van der Waals surface area contributed by atoms with E-state index in [0.717, 1.165) is 5.56 Å². The highest BCUT2D eigenvalue weighted by Gasteiger charge is 2.18. The van der Waals surface area contributed by atoms with E-state index in [1.165, 1.54) is 21.3 Å². The number of carboxylic acid groups (broad SMARTS) is 1. The summed E-state index contributed by atoms with van der Waals surface area (Å²) in [6, 6.07) is 10.1. The van der Waals surface area contributed by atoms with Crippen LogP contribution in [0.2, 0.25) is 0 Å². The fraction of sp³-hybridized carbons (Fsp3) is 0.263. The molecule has 0 aromatic heterocycles. The minimum atomic E-state index is -0.845. The fourth-order valence-corrected chi connectivity index (χ4v) is 2.41. The number of methoxy groups -OCH3 is 3. The Kier molecular flexibility index (Phi) is 6.43. The molecular weight excluding hydrogens is 338 g/mol. The summed E-state index contributed by atoms with van der Waals surface area (Å²) >= 11 is 0. The van der Waals surface area contributed by atoms with Gasteiger partial charge in [0.25, 0.3) is 5.91 Å². The predicted octanol–water partition coefficient (Wildman–Crippen LogP) is 2.98. The summed E-state index contributed by atoms with van der Waals surface area (Å²) < 4.78 is 15.7. The maximum absolute atomic E-state index is 12.6. The molecule has 0 heterocycles. The number of aryl methyl sites for hydroxylation is 1. The van der Waals surface area contributed by atoms with Crippen molar-refractivity contribution >= 4 is 17.6 Å². The van der Waals surface area contributed by atoms with Gasteiger partial charge in [0.1, 0.15) is 5.75 Å². The molecular formula is C19H21NO6. The standard InChI is InChI=1S/C19H21NO6/c1-24-15-11-17(26-3)16(25-2)10-14(15)19(23)20-13-7-4-12(5-8-13)6-9-18(21)22/h4-5,7-8,10-11H,6,9H2,1-3H3,(H,20,23)(H,21,22). The first-order valence-corrected chi connectivity index (χ1v) is 7.90. The van der Waals surface area contributed by atoms with Crippen molar-refractivity contribution in [2.45, 2.75) is 12.8 Å². The van der Waals surface area contributed by atoms with Crippen LogP contribution < -0.4 is 19.5 Å². The van der Waals surface area contributed by atoms with Gasteiger partial charge in [0.05, 0.1) is 26.9 Å². The molecule has 138 valence electrons. The number of carboxylic acids is 1. The van der Waals surface area contributed by atoms with Crippen molar-refractivity contribution in [2.24, 2.45) is 0 Å². The summed E-state index contributed by atoms with van der Waals surface area (Å²) in [5, 5.41) is 11.5. The minimum Gasteiger partial charge on any atom is -0.496 e. The average Bonchev–Trinajstić information content (AvgIpc) is 2.66. The molecule has 0 radical (unpaired) electrons. The number of rotatable bonds is 8. The number of hydrogen-bond acceptors (Lipinski definition) is 5. The lowest BCUT2D eigenvalue weighted by Gasteiger charge is -2.14. The van der Waals surface area contributed by atoms with Gasteiger partial charge in [-0.05, 0) is 24.1 Å². The first-order chi connectivity index (χ1) is 12.5. The molecule has 0 atom stereocenters. The van der Waals surface area contributed by atoms with Gasteiger partial charge in [-0.25, -0.2) is 0 Å². The van der Waals surface area contributed by atoms with E-state index < -0.39 is 5.97 Å². The lowest BCUT2D eigenvalue weighted by molar-refractivity contribution is -0.136. The second-order valence-electron chi connectivity index (χ2n) is 5.45. The third kappa shape index (κ3) is 4.66. The maximum atomic E-state index is 12.6. The van der Waals surface area contributed by atoms with E-state index in [1.54, 1.807) is 36.4 Å². The van der Waals surface area contributed by atoms with E-state index in [9.17, 15) is 9.59 Å². The van der Waals surface area contributed by atoms with Crippen LogP contribution in [0.25, 0.3) is 0 Å². The monoisotopic (exact) mass is 359 g/mol. The second-order valence-corrected chi connectivity index (χ2v) is 5.45. The molecule has 0 spiro atoms. The number of amides is 1. The Labute approximate surface area is 151 Å². The topological polar surface area (TPSA) is 94.1 Å². The van der Waals surface area contributed by atoms with Gasteiger partial charge in [0.15, 0.2) is 11.5 Å². The molecule has 0 aliphatic heterocycles. The number of benzene rings is 2. The summed E-state index contributed by atoms with van der Waals surface area (Å²) in [6.45, 7) is 0. The van der Waals surface area contributed by atoms with Crippen LogP contribution in [0.1, 0.15) is 22.3 Å². The van der Waals surface area contributed by atoms with E-state index in [2.05, 4.69) is 5.32 Å². The van der Waals surface area contributed by atoms with Crippen LogP contribution in [0.15, 0.2) is 36.4 Å². The molecule has 0 fully saturated rings. The number of ether oxygens (including phenoxy) is 3. The largest absolute Gasteiger partial charge is 0.496 e. The quantitative estimate of drug-likeness (QED) is 0.752. The molecule has 2 aromatic rings. The van der Waals surface area contributed by atoms with Crippen molar-refractivity contribution in [3.8, 4) is 17.2 Å². The molecule has 0 saturated heterocycles. The molecule has 7 heteroatoms. The summed E-state index contributed by atoms with van der Waals surface area (Å²) in [7, 11) is 4.46. The smallest absolute Gasteiger partial charge is 0.303 e. The lowest BCUT2D eigenvalue weighted by atomic mass is 10.1. The van der Waals surface area contributed by atoms with Gasteiger partial charge in [-0.3, -0.25) is 9.59 Å². The van der Waals surface area contributed by atoms with E-state index in [4.69, 9.17) is 19.3 Å². The molecule has 0 unspecified atom stereocenters. The Morgan fingerprint density at radius 2 is 1.50 bits per heavy atom. The molecule has 26 heavy (non-hydrogen) atoms. The highest BCUT2D eigenvalue weighted by atomic mass is 16.5. The van der Waals surface area contributed by atoms with E-state index >= 15 is 0 Å². The van der Waals surface area contributed by atoms with Crippen molar-refractivity contribution in [2.75, 3.05) is 26.6 Å². The number of hydrogen-bond donors (Lipinski definition) is 2. The normalized spacial score (nSPS) is 10.1. The molecule has 0 saturated carbocycles. The van der Waals surface area contributed by atoms with Gasteiger partial charge in [0.2, 0.25) is 0 Å². The number of carbonyl (C=O) groups is 2. The van der Waals surface area contributed by atoms with Gasteiger partial charge >= 0.3 is 5.97 Å². The molecule has 2 aromatic carbocycles. The second kappa shape index (κ2) is 8.75. The van der Waals surface area contributed by atoms with Crippen molar-refractivity contribution in [3.05, 3.63) is 47.5 Å². The van der Waals surface area contributed by atoms with Crippen molar-refractivity contribution in [3.63, 3.8) is 0 Å². The third-order valence-corrected chi connectivity index (χ3v) is 3.79. The van der Waals surface area contributed by atoms with Crippen LogP contribution in [0, 0.1) is 0 Å². The Morgan fingerprint density at radius 3 is 2.04 bits per heavy atom. The van der Waals surface area contributed by atoms with Crippen LogP contribution in [0.4, 0.5) is 5.69 Å². The zero-order valence-electron chi connectivity index (χ0n) is 14.9. The fourth-order valence-electron chi connectivity index (χ4n) is 2.41. The summed E-state index contributed by atoms with van der Waals surface area (Å²) in [5.41, 5.74) is 1.78. The SMILES string of the molecule is COc1cc(OC)c(C(=O)Nc2ccc(CCC(=O)O)cc2)cc1OC. The molecule has 7 nitrogen and oxygen atoms in total. The number of aliphatic carboxylic acids is 1. The third-order valence-electron chi connectivity index (χ3n) is 3.79. The van der Waals surface area contributed by atoms with Gasteiger partial charge in [-0.1, -0.05) is 12.1 Å². The van der Waals surface area contributed by atoms with Crippen molar-refractivity contribution < 1.29 is 28.9 Å². The van der Waals surface area contributed by atoms with Gasteiger partial charge in [0, 0.05) is 24.2 Å². The number of nitrogens with one attached hydrogen (secondary N) is 1. The zero-order chi connectivity index (χ0) is 19.1. The van der Waals surface area contributed by atoms with E-state index in [-0.39, 0.29) is 12.3 Å². The van der Waals surface area contributed by atoms with Gasteiger partial charge in [-0.2, -0.15) is 0 Å². The molecule has 0 aliphatic rings. The van der Waals surface area contributed by atoms with Gasteiger partial charge < -0.3 is 24.6 Å². The van der Waals surface area contributed by atoms with Crippen LogP contribution >= 0.6 is 0 Å². The molecule has 1 amide bonds. The highest BCUT2D eigenvalue weighted by Crippen LogP contribution is 2.34. The minimum absolute atomic E-state index is 0.0640. The van der Waals surface area contributed by atoms with E-state index in [0.29, 0.717) is 34.9 Å². The van der Waals surface area contributed by atoms with Crippen LogP contribution in [0.5, 0.6) is 17.2 Å². The lowest BCUT2D eigenvalue weighted by Crippen LogP contribution is -2.13. The summed E-state index contributed by atoms with van der Waals surface area (Å²) in [6.07, 6.45) is 0.502. The Hall–Kier alpha value is -3.22. The predicted molar refractivity (Wildman–Crippen MR) is 96.5 cm³/mol. The highest BCUT2D eigenvalue weighted by molar-refractivity contribution is 6.06. The van der Waals surface area contributed by atoms with Crippen LogP contribution in [-0.2, 0) is 11.2 Å². The number of anilines is 1. The van der Waals surface area contributed by atoms with Crippen molar-refractivity contribution in [1.29, 1.82) is 0 Å². The Balaban J connectivity index is 2.17. The van der Waals surface area contributed by atoms with E-state index in [1.807, 2.05) is 0 Å². The Morgan fingerprint density at radius 1 is 0.923 bits per heavy atom. The van der Waals surface area contributed by atoms with Crippen molar-refractivity contribution in [1.82, 2.24) is 0 Å². The first-order valence-electron chi connectivity index (χ1n) is 7.90. The molecule has 2 N–H and O–H groups in total. The summed E-state index contributed by atoms with van der Waals surface area (Å²) in [4.78, 5) is 23.2. The summed E-state index contributed by atoms with van der Waals surface area (Å²) in [5.74, 6) is 0.0356. The zero-order valence-corrected chi connectivity index (χ0v) is 14.9. The van der Waals surface area contributed by atoms with Gasteiger partial charge in [-0.15, -0.1) is 0 Å². The maximum Gasteiger partial charge on any atom is 0.303 e.